The third kappa shape index (κ3) is 6.25. The van der Waals surface area contributed by atoms with Gasteiger partial charge in [-0.05, 0) is 96.5 Å². The van der Waals surface area contributed by atoms with Crippen LogP contribution in [0.3, 0.4) is 0 Å². The van der Waals surface area contributed by atoms with Gasteiger partial charge in [-0.15, -0.1) is 0 Å². The van der Waals surface area contributed by atoms with Gasteiger partial charge in [0.2, 0.25) is 5.91 Å². The van der Waals surface area contributed by atoms with Crippen LogP contribution in [-0.4, -0.2) is 47.2 Å². The lowest BCUT2D eigenvalue weighted by Gasteiger charge is -2.40. The first-order valence-electron chi connectivity index (χ1n) is 12.1. The summed E-state index contributed by atoms with van der Waals surface area (Å²) >= 11 is 1.79. The van der Waals surface area contributed by atoms with E-state index in [1.54, 1.807) is 11.3 Å². The zero-order chi connectivity index (χ0) is 25.1. The van der Waals surface area contributed by atoms with Gasteiger partial charge in [-0.2, -0.15) is 24.5 Å². The number of hydrogen-bond acceptors (Lipinski definition) is 4. The minimum Gasteiger partial charge on any atom is -0.475 e. The van der Waals surface area contributed by atoms with Crippen molar-refractivity contribution in [3.05, 3.63) is 57.8 Å². The lowest BCUT2D eigenvalue weighted by Crippen LogP contribution is -2.41. The number of thiophene rings is 1. The molecule has 1 saturated heterocycles. The molecule has 1 amide bonds. The average Bonchev–Trinajstić information content (AvgIpc) is 3.40. The number of nitrogens with zero attached hydrogens (tertiary/aromatic N) is 1. The van der Waals surface area contributed by atoms with Gasteiger partial charge in [0.15, 0.2) is 0 Å². The second-order valence-electron chi connectivity index (χ2n) is 9.88. The standard InChI is InChI=1S/C24H30N2OS.C2HF3O2/c27-23(25-20-4-3-5-20)14-19-15-24(22-7-2-1-6-21(19)22)9-11-26(12-10-24)16-18-8-13-28-17-18;3-2(4,5)1(6)7/h1-2,6-8,13,17,19-20H,3-5,9-12,14-16H2,(H,25,27);(H,6,7). The number of hydrogen-bond donors (Lipinski definition) is 2. The Balaban J connectivity index is 0.000000364. The normalized spacial score (nSPS) is 21.5. The van der Waals surface area contributed by atoms with E-state index < -0.39 is 12.1 Å². The molecule has 1 atom stereocenters. The number of carboxylic acid groups (broad SMARTS) is 1. The van der Waals surface area contributed by atoms with E-state index >= 15 is 0 Å². The Labute approximate surface area is 207 Å². The van der Waals surface area contributed by atoms with Crippen molar-refractivity contribution in [2.45, 2.75) is 75.0 Å². The Morgan fingerprint density at radius 2 is 1.83 bits per heavy atom. The van der Waals surface area contributed by atoms with Crippen LogP contribution >= 0.6 is 11.3 Å². The number of halogens is 3. The van der Waals surface area contributed by atoms with E-state index in [2.05, 4.69) is 51.3 Å². The molecule has 0 radical (unpaired) electrons. The SMILES string of the molecule is O=C(CC1CC2(CCN(Cc3ccsc3)CC2)c2ccccc21)NC1CCC1.O=C(O)C(F)(F)F. The maximum absolute atomic E-state index is 12.6. The third-order valence-electron chi connectivity index (χ3n) is 7.55. The topological polar surface area (TPSA) is 69.6 Å². The molecular formula is C26H31F3N2O3S. The summed E-state index contributed by atoms with van der Waals surface area (Å²) in [6, 6.07) is 11.7. The van der Waals surface area contributed by atoms with Crippen molar-refractivity contribution in [1.29, 1.82) is 0 Å². The van der Waals surface area contributed by atoms with Crippen molar-refractivity contribution in [1.82, 2.24) is 10.2 Å². The first-order chi connectivity index (χ1) is 16.7. The predicted octanol–water partition coefficient (Wildman–Crippen LogP) is 5.46. The van der Waals surface area contributed by atoms with Gasteiger partial charge in [-0.3, -0.25) is 9.69 Å². The number of carbonyl (C=O) groups is 2. The smallest absolute Gasteiger partial charge is 0.475 e. The minimum absolute atomic E-state index is 0.261. The lowest BCUT2D eigenvalue weighted by molar-refractivity contribution is -0.192. The molecule has 1 aromatic heterocycles. The van der Waals surface area contributed by atoms with Crippen molar-refractivity contribution < 1.29 is 27.9 Å². The number of fused-ring (bicyclic) bond motifs is 2. The summed E-state index contributed by atoms with van der Waals surface area (Å²) in [4.78, 5) is 24.1. The third-order valence-corrected chi connectivity index (χ3v) is 8.29. The number of benzene rings is 1. The van der Waals surface area contributed by atoms with E-state index in [0.717, 1.165) is 38.9 Å². The zero-order valence-corrected chi connectivity index (χ0v) is 20.3. The summed E-state index contributed by atoms with van der Waals surface area (Å²) in [7, 11) is 0. The summed E-state index contributed by atoms with van der Waals surface area (Å²) in [5.41, 5.74) is 4.70. The number of aliphatic carboxylic acids is 1. The Bertz CT molecular complexity index is 1010. The fourth-order valence-corrected chi connectivity index (χ4v) is 6.19. The summed E-state index contributed by atoms with van der Waals surface area (Å²) in [5.74, 6) is -2.11. The lowest BCUT2D eigenvalue weighted by atomic mass is 9.73. The number of carbonyl (C=O) groups excluding carboxylic acids is 1. The van der Waals surface area contributed by atoms with Gasteiger partial charge in [0.1, 0.15) is 0 Å². The highest BCUT2D eigenvalue weighted by Gasteiger charge is 2.45. The molecule has 5 rings (SSSR count). The molecule has 2 aliphatic carbocycles. The summed E-state index contributed by atoms with van der Waals surface area (Å²) < 4.78 is 31.7. The van der Waals surface area contributed by atoms with Gasteiger partial charge in [-0.25, -0.2) is 4.79 Å². The van der Waals surface area contributed by atoms with Crippen LogP contribution in [0.4, 0.5) is 13.2 Å². The Morgan fingerprint density at radius 1 is 1.14 bits per heavy atom. The second kappa shape index (κ2) is 10.7. The van der Waals surface area contributed by atoms with E-state index in [1.807, 2.05) is 0 Å². The van der Waals surface area contributed by atoms with Gasteiger partial charge in [0, 0.05) is 19.0 Å². The maximum atomic E-state index is 12.6. The van der Waals surface area contributed by atoms with Crippen molar-refractivity contribution >= 4 is 23.2 Å². The molecule has 1 spiro atoms. The monoisotopic (exact) mass is 508 g/mol. The number of alkyl halides is 3. The molecule has 35 heavy (non-hydrogen) atoms. The zero-order valence-electron chi connectivity index (χ0n) is 19.5. The minimum atomic E-state index is -5.08. The van der Waals surface area contributed by atoms with Crippen molar-refractivity contribution in [2.24, 2.45) is 0 Å². The molecule has 9 heteroatoms. The molecule has 2 heterocycles. The Morgan fingerprint density at radius 3 is 2.40 bits per heavy atom. The summed E-state index contributed by atoms with van der Waals surface area (Å²) in [5, 5.41) is 14.8. The largest absolute Gasteiger partial charge is 0.490 e. The fourth-order valence-electron chi connectivity index (χ4n) is 5.53. The van der Waals surface area contributed by atoms with E-state index in [0.29, 0.717) is 18.4 Å². The van der Waals surface area contributed by atoms with Crippen molar-refractivity contribution in [3.8, 4) is 0 Å². The molecule has 1 aliphatic heterocycles. The first-order valence-corrected chi connectivity index (χ1v) is 13.0. The predicted molar refractivity (Wildman–Crippen MR) is 128 cm³/mol. The summed E-state index contributed by atoms with van der Waals surface area (Å²) in [6.07, 6.45) is 2.75. The van der Waals surface area contributed by atoms with Crippen LogP contribution in [0.25, 0.3) is 0 Å². The molecule has 2 fully saturated rings. The highest BCUT2D eigenvalue weighted by atomic mass is 32.1. The Kier molecular flexibility index (Phi) is 7.86. The molecule has 2 aromatic rings. The molecule has 1 saturated carbocycles. The Hall–Kier alpha value is -2.39. The molecule has 1 aromatic carbocycles. The number of piperidine rings is 1. The van der Waals surface area contributed by atoms with Crippen LogP contribution in [0.5, 0.6) is 0 Å². The molecular weight excluding hydrogens is 477 g/mol. The van der Waals surface area contributed by atoms with Crippen LogP contribution in [-0.2, 0) is 21.5 Å². The quantitative estimate of drug-likeness (QED) is 0.563. The second-order valence-corrected chi connectivity index (χ2v) is 10.7. The van der Waals surface area contributed by atoms with Gasteiger partial charge < -0.3 is 10.4 Å². The van der Waals surface area contributed by atoms with E-state index in [4.69, 9.17) is 9.90 Å². The van der Waals surface area contributed by atoms with E-state index in [-0.39, 0.29) is 11.3 Å². The van der Waals surface area contributed by atoms with Gasteiger partial charge >= 0.3 is 12.1 Å². The van der Waals surface area contributed by atoms with Crippen LogP contribution < -0.4 is 5.32 Å². The average molecular weight is 509 g/mol. The molecule has 1 unspecified atom stereocenters. The first kappa shape index (κ1) is 25.7. The van der Waals surface area contributed by atoms with E-state index in [9.17, 15) is 18.0 Å². The summed E-state index contributed by atoms with van der Waals surface area (Å²) in [6.45, 7) is 3.39. The highest BCUT2D eigenvalue weighted by Crippen LogP contribution is 2.52. The number of nitrogens with one attached hydrogen (secondary N) is 1. The van der Waals surface area contributed by atoms with Gasteiger partial charge in [0.05, 0.1) is 0 Å². The number of carboxylic acids is 1. The van der Waals surface area contributed by atoms with Crippen molar-refractivity contribution in [3.63, 3.8) is 0 Å². The number of likely N-dealkylation sites (tertiary alicyclic amines) is 1. The highest BCUT2D eigenvalue weighted by molar-refractivity contribution is 7.07. The molecule has 190 valence electrons. The number of rotatable bonds is 5. The van der Waals surface area contributed by atoms with Gasteiger partial charge in [-0.1, -0.05) is 24.3 Å². The molecule has 3 aliphatic rings. The molecule has 2 N–H and O–H groups in total. The van der Waals surface area contributed by atoms with Crippen LogP contribution in [0, 0.1) is 0 Å². The van der Waals surface area contributed by atoms with Crippen LogP contribution in [0.15, 0.2) is 41.1 Å². The van der Waals surface area contributed by atoms with Gasteiger partial charge in [0.25, 0.3) is 0 Å². The maximum Gasteiger partial charge on any atom is 0.490 e. The van der Waals surface area contributed by atoms with E-state index in [1.165, 1.54) is 36.0 Å². The molecule has 0 bridgehead atoms. The van der Waals surface area contributed by atoms with Crippen LogP contribution in [0.1, 0.15) is 67.6 Å². The number of amides is 1. The molecule has 5 nitrogen and oxygen atoms in total. The van der Waals surface area contributed by atoms with Crippen LogP contribution in [0.2, 0.25) is 0 Å². The fraction of sp³-hybridized carbons (Fsp3) is 0.538. The van der Waals surface area contributed by atoms with Crippen molar-refractivity contribution in [2.75, 3.05) is 13.1 Å².